The molecule has 0 amide bonds. The van der Waals surface area contributed by atoms with Crippen LogP contribution in [-0.2, 0) is 28.2 Å². The molecular weight excluding hydrogens is 610 g/mol. The van der Waals surface area contributed by atoms with Gasteiger partial charge in [0.05, 0.1) is 33.2 Å². The summed E-state index contributed by atoms with van der Waals surface area (Å²) < 4.78 is 106. The first-order valence-electron chi connectivity index (χ1n) is 13.6. The van der Waals surface area contributed by atoms with Crippen molar-refractivity contribution in [2.24, 2.45) is 0 Å². The molecule has 1 aromatic heterocycles. The first-order chi connectivity index (χ1) is 21.0. The number of hydrogen-bond donors (Lipinski definition) is 0. The predicted octanol–water partition coefficient (Wildman–Crippen LogP) is 7.69. The number of hydrogen-bond acceptors (Lipinski definition) is 7. The van der Waals surface area contributed by atoms with Gasteiger partial charge in [0.25, 0.3) is 0 Å². The number of carbonyl (C=O) groups excluding carboxylic acids is 2. The molecule has 0 aliphatic carbocycles. The minimum atomic E-state index is -4.95. The highest BCUT2D eigenvalue weighted by Crippen LogP contribution is 2.47. The molecule has 0 spiro atoms. The zero-order valence-corrected chi connectivity index (χ0v) is 23.8. The van der Waals surface area contributed by atoms with Gasteiger partial charge in [0.1, 0.15) is 22.7 Å². The molecule has 0 saturated heterocycles. The minimum Gasteiger partial charge on any atom is -0.483 e. The average molecular weight is 635 g/mol. The second kappa shape index (κ2) is 11.3. The number of aryl methyl sites for hydroxylation is 1. The maximum Gasteiger partial charge on any atom is 0.417 e. The Morgan fingerprint density at radius 1 is 0.822 bits per heavy atom. The van der Waals surface area contributed by atoms with Crippen molar-refractivity contribution >= 4 is 22.9 Å². The van der Waals surface area contributed by atoms with Crippen molar-refractivity contribution in [3.8, 4) is 5.75 Å². The number of esters is 2. The van der Waals surface area contributed by atoms with Gasteiger partial charge in [-0.1, -0.05) is 31.2 Å². The zero-order valence-electron chi connectivity index (χ0n) is 23.8. The third-order valence-electron chi connectivity index (χ3n) is 7.29. The van der Waals surface area contributed by atoms with Crippen LogP contribution in [0.3, 0.4) is 0 Å². The van der Waals surface area contributed by atoms with Gasteiger partial charge in [-0.05, 0) is 50.2 Å². The van der Waals surface area contributed by atoms with E-state index in [1.165, 1.54) is 44.2 Å². The van der Waals surface area contributed by atoms with Crippen LogP contribution in [0.1, 0.15) is 70.0 Å². The summed E-state index contributed by atoms with van der Waals surface area (Å²) >= 11 is 0. The maximum atomic E-state index is 13.8. The number of carbonyl (C=O) groups is 2. The summed E-state index contributed by atoms with van der Waals surface area (Å²) in [5.41, 5.74) is -6.81. The second-order valence-corrected chi connectivity index (χ2v) is 10.7. The van der Waals surface area contributed by atoms with E-state index in [-0.39, 0.29) is 34.5 Å². The van der Waals surface area contributed by atoms with Crippen LogP contribution in [0, 0.1) is 0 Å². The van der Waals surface area contributed by atoms with Gasteiger partial charge in [-0.15, -0.1) is 0 Å². The molecule has 7 nitrogen and oxygen atoms in total. The van der Waals surface area contributed by atoms with Gasteiger partial charge in [-0.2, -0.15) is 26.3 Å². The Bertz CT molecular complexity index is 1860. The third kappa shape index (κ3) is 5.98. The van der Waals surface area contributed by atoms with E-state index in [2.05, 4.69) is 0 Å². The summed E-state index contributed by atoms with van der Waals surface area (Å²) in [6, 6.07) is 11.6. The number of halogens is 6. The molecule has 0 radical (unpaired) electrons. The maximum absolute atomic E-state index is 13.8. The van der Waals surface area contributed by atoms with Crippen molar-refractivity contribution < 1.29 is 54.6 Å². The van der Waals surface area contributed by atoms with E-state index in [9.17, 15) is 40.7 Å². The standard InChI is InChI=1S/C32H24F6O7/c1-4-16-15-22(39)19-13-14-23-24(25(19)42-16)26(43-28(40)17-9-5-7-11-20(17)31(33,34)35)27(30(2,3)45-23)44-29(41)18-10-6-8-12-21(18)32(36,37)38/h5-15,26-27H,4H2,1-3H3/t26-,27-/m1/s1. The van der Waals surface area contributed by atoms with Gasteiger partial charge in [0.2, 0.25) is 0 Å². The fourth-order valence-corrected chi connectivity index (χ4v) is 5.16. The van der Waals surface area contributed by atoms with Crippen molar-refractivity contribution in [1.82, 2.24) is 0 Å². The summed E-state index contributed by atoms with van der Waals surface area (Å²) in [7, 11) is 0. The highest BCUT2D eigenvalue weighted by Gasteiger charge is 2.51. The minimum absolute atomic E-state index is 0.0153. The first kappa shape index (κ1) is 31.6. The Morgan fingerprint density at radius 2 is 1.36 bits per heavy atom. The Hall–Kier alpha value is -4.81. The first-order valence-corrected chi connectivity index (χ1v) is 13.6. The van der Waals surface area contributed by atoms with Crippen molar-refractivity contribution in [1.29, 1.82) is 0 Å². The summed E-state index contributed by atoms with van der Waals surface area (Å²) in [4.78, 5) is 39.7. The van der Waals surface area contributed by atoms with Gasteiger partial charge < -0.3 is 18.6 Å². The van der Waals surface area contributed by atoms with Crippen LogP contribution in [0.15, 0.2) is 75.9 Å². The van der Waals surface area contributed by atoms with E-state index in [1.807, 2.05) is 0 Å². The fourth-order valence-electron chi connectivity index (χ4n) is 5.16. The molecule has 4 aromatic rings. The summed E-state index contributed by atoms with van der Waals surface area (Å²) in [6.45, 7) is 4.46. The number of rotatable bonds is 5. The quantitative estimate of drug-likeness (QED) is 0.164. The predicted molar refractivity (Wildman–Crippen MR) is 147 cm³/mol. The van der Waals surface area contributed by atoms with E-state index >= 15 is 0 Å². The van der Waals surface area contributed by atoms with Crippen molar-refractivity contribution in [3.05, 3.63) is 111 Å². The molecule has 2 heterocycles. The molecule has 13 heteroatoms. The molecule has 5 rings (SSSR count). The molecule has 3 aromatic carbocycles. The molecule has 0 unspecified atom stereocenters. The van der Waals surface area contributed by atoms with E-state index < -0.39 is 69.8 Å². The second-order valence-electron chi connectivity index (χ2n) is 10.7. The van der Waals surface area contributed by atoms with E-state index in [4.69, 9.17) is 18.6 Å². The molecule has 2 atom stereocenters. The summed E-state index contributed by atoms with van der Waals surface area (Å²) in [6.07, 6.45) is -13.2. The molecule has 0 saturated carbocycles. The van der Waals surface area contributed by atoms with Crippen molar-refractivity contribution in [3.63, 3.8) is 0 Å². The fraction of sp³-hybridized carbons (Fsp3) is 0.281. The number of alkyl halides is 6. The monoisotopic (exact) mass is 634 g/mol. The largest absolute Gasteiger partial charge is 0.483 e. The van der Waals surface area contributed by atoms with Gasteiger partial charge in [0, 0.05) is 12.5 Å². The molecular formula is C32H24F6O7. The Labute approximate surface area is 251 Å². The topological polar surface area (TPSA) is 92.0 Å². The SMILES string of the molecule is CCc1cc(=O)c2ccc3c(c2o1)[C@@H](OC(=O)c1ccccc1C(F)(F)F)[C@@H](OC(=O)c1ccccc1C(F)(F)F)C(C)(C)O3. The molecule has 236 valence electrons. The van der Waals surface area contributed by atoms with Crippen LogP contribution >= 0.6 is 0 Å². The molecule has 1 aliphatic rings. The van der Waals surface area contributed by atoms with Gasteiger partial charge in [-0.25, -0.2) is 9.59 Å². The Balaban J connectivity index is 1.70. The Morgan fingerprint density at radius 3 is 1.89 bits per heavy atom. The molecule has 0 fully saturated rings. The highest BCUT2D eigenvalue weighted by atomic mass is 19.4. The number of ether oxygens (including phenoxy) is 3. The molecule has 1 aliphatic heterocycles. The van der Waals surface area contributed by atoms with E-state index in [1.54, 1.807) is 6.92 Å². The van der Waals surface area contributed by atoms with E-state index in [0.717, 1.165) is 24.3 Å². The van der Waals surface area contributed by atoms with Crippen LogP contribution in [0.25, 0.3) is 11.0 Å². The smallest absolute Gasteiger partial charge is 0.417 e. The van der Waals surface area contributed by atoms with Crippen molar-refractivity contribution in [2.45, 2.75) is 57.4 Å². The van der Waals surface area contributed by atoms with Crippen molar-refractivity contribution in [2.75, 3.05) is 0 Å². The van der Waals surface area contributed by atoms with Gasteiger partial charge >= 0.3 is 24.3 Å². The lowest BCUT2D eigenvalue weighted by molar-refractivity contribution is -0.141. The highest BCUT2D eigenvalue weighted by molar-refractivity contribution is 5.93. The molecule has 45 heavy (non-hydrogen) atoms. The van der Waals surface area contributed by atoms with Crippen LogP contribution in [0.5, 0.6) is 5.75 Å². The van der Waals surface area contributed by atoms with Crippen LogP contribution < -0.4 is 10.2 Å². The van der Waals surface area contributed by atoms with E-state index in [0.29, 0.717) is 12.1 Å². The summed E-state index contributed by atoms with van der Waals surface area (Å²) in [5.74, 6) is -2.78. The normalized spacial score (nSPS) is 17.7. The Kier molecular flexibility index (Phi) is 7.92. The molecule has 0 N–H and O–H groups in total. The van der Waals surface area contributed by atoms with Crippen LogP contribution in [-0.4, -0.2) is 23.6 Å². The zero-order chi connectivity index (χ0) is 32.9. The van der Waals surface area contributed by atoms with Crippen LogP contribution in [0.4, 0.5) is 26.3 Å². The summed E-state index contributed by atoms with van der Waals surface area (Å²) in [5, 5.41) is -0.0153. The average Bonchev–Trinajstić information content (AvgIpc) is 2.97. The third-order valence-corrected chi connectivity index (χ3v) is 7.29. The number of benzene rings is 3. The lowest BCUT2D eigenvalue weighted by Crippen LogP contribution is -2.52. The molecule has 0 bridgehead atoms. The lowest BCUT2D eigenvalue weighted by atomic mass is 9.87. The van der Waals surface area contributed by atoms with Gasteiger partial charge in [0.15, 0.2) is 17.6 Å². The lowest BCUT2D eigenvalue weighted by Gasteiger charge is -2.43. The van der Waals surface area contributed by atoms with Crippen LogP contribution in [0.2, 0.25) is 0 Å². The number of fused-ring (bicyclic) bond motifs is 3. The van der Waals surface area contributed by atoms with Gasteiger partial charge in [-0.3, -0.25) is 4.79 Å².